The van der Waals surface area contributed by atoms with Crippen LogP contribution in [0.25, 0.3) is 0 Å². The van der Waals surface area contributed by atoms with Crippen molar-refractivity contribution in [1.82, 2.24) is 0 Å². The molecule has 1 aliphatic carbocycles. The first-order valence-electron chi connectivity index (χ1n) is 6.01. The molecule has 5 nitrogen and oxygen atoms in total. The van der Waals surface area contributed by atoms with Gasteiger partial charge in [0.25, 0.3) is 0 Å². The Balaban J connectivity index is 2.24. The normalized spacial score (nSPS) is 18.8. The van der Waals surface area contributed by atoms with E-state index in [2.05, 4.69) is 12.2 Å². The van der Waals surface area contributed by atoms with E-state index in [4.69, 9.17) is 10.9 Å². The summed E-state index contributed by atoms with van der Waals surface area (Å²) in [7, 11) is -3.75. The van der Waals surface area contributed by atoms with Gasteiger partial charge in [-0.15, -0.1) is 0 Å². The van der Waals surface area contributed by atoms with Crippen LogP contribution in [0.1, 0.15) is 32.6 Å². The van der Waals surface area contributed by atoms with E-state index in [1.165, 1.54) is 18.9 Å². The monoisotopic (exact) mass is 269 g/mol. The van der Waals surface area contributed by atoms with Crippen LogP contribution in [0, 0.1) is 0 Å². The molecule has 1 saturated carbocycles. The number of nitrogens with one attached hydrogen (secondary N) is 1. The molecule has 1 fully saturated rings. The summed E-state index contributed by atoms with van der Waals surface area (Å²) in [6, 6.07) is 4.79. The van der Waals surface area contributed by atoms with E-state index in [-0.39, 0.29) is 16.1 Å². The maximum Gasteiger partial charge on any atom is 0.240 e. The minimum atomic E-state index is -3.75. The highest BCUT2D eigenvalue weighted by Gasteiger charge is 2.28. The number of nitrogen functional groups attached to an aromatic ring is 1. The minimum absolute atomic E-state index is 0.0235. The van der Waals surface area contributed by atoms with Gasteiger partial charge in [-0.05, 0) is 38.0 Å². The van der Waals surface area contributed by atoms with Crippen LogP contribution >= 0.6 is 0 Å². The van der Waals surface area contributed by atoms with Crippen molar-refractivity contribution >= 4 is 21.4 Å². The van der Waals surface area contributed by atoms with Gasteiger partial charge in [-0.2, -0.15) is 0 Å². The van der Waals surface area contributed by atoms with Crippen LogP contribution in [0.15, 0.2) is 23.1 Å². The third-order valence-electron chi connectivity index (χ3n) is 3.47. The summed E-state index contributed by atoms with van der Waals surface area (Å²) in [5.41, 5.74) is 6.83. The van der Waals surface area contributed by atoms with Gasteiger partial charge in [0.2, 0.25) is 10.0 Å². The molecule has 1 aromatic rings. The van der Waals surface area contributed by atoms with Crippen molar-refractivity contribution in [2.24, 2.45) is 5.14 Å². The molecule has 6 heteroatoms. The molecule has 0 spiro atoms. The van der Waals surface area contributed by atoms with Crippen molar-refractivity contribution in [1.29, 1.82) is 0 Å². The van der Waals surface area contributed by atoms with Crippen molar-refractivity contribution in [2.45, 2.75) is 43.0 Å². The fourth-order valence-electron chi connectivity index (χ4n) is 2.51. The number of sulfonamides is 1. The fourth-order valence-corrected chi connectivity index (χ4v) is 3.16. The van der Waals surface area contributed by atoms with Crippen LogP contribution in [-0.4, -0.2) is 14.0 Å². The molecular weight excluding hydrogens is 250 g/mol. The zero-order valence-corrected chi connectivity index (χ0v) is 11.3. The highest BCUT2D eigenvalue weighted by molar-refractivity contribution is 7.89. The minimum Gasteiger partial charge on any atom is -0.398 e. The third-order valence-corrected chi connectivity index (χ3v) is 4.45. The number of hydrogen-bond acceptors (Lipinski definition) is 4. The molecular formula is C12H19N3O2S. The van der Waals surface area contributed by atoms with E-state index in [0.717, 1.165) is 18.5 Å². The summed E-state index contributed by atoms with van der Waals surface area (Å²) in [5, 5.41) is 8.49. The van der Waals surface area contributed by atoms with E-state index in [9.17, 15) is 8.42 Å². The van der Waals surface area contributed by atoms with Crippen molar-refractivity contribution in [3.05, 3.63) is 18.2 Å². The largest absolute Gasteiger partial charge is 0.398 e. The molecule has 0 radical (unpaired) electrons. The quantitative estimate of drug-likeness (QED) is 0.727. The van der Waals surface area contributed by atoms with Crippen LogP contribution in [0.2, 0.25) is 0 Å². The lowest BCUT2D eigenvalue weighted by atomic mass is 10.0. The van der Waals surface area contributed by atoms with Gasteiger partial charge in [0.15, 0.2) is 0 Å². The Morgan fingerprint density at radius 3 is 2.39 bits per heavy atom. The second-order valence-corrected chi connectivity index (χ2v) is 6.72. The lowest BCUT2D eigenvalue weighted by Gasteiger charge is -2.27. The Morgan fingerprint density at radius 2 is 1.89 bits per heavy atom. The molecule has 0 bridgehead atoms. The predicted molar refractivity (Wildman–Crippen MR) is 72.7 cm³/mol. The zero-order chi connectivity index (χ0) is 13.4. The number of primary sulfonamides is 1. The van der Waals surface area contributed by atoms with Crippen molar-refractivity contribution in [3.63, 3.8) is 0 Å². The van der Waals surface area contributed by atoms with Gasteiger partial charge in [0, 0.05) is 11.2 Å². The fraction of sp³-hybridized carbons (Fsp3) is 0.500. The van der Waals surface area contributed by atoms with Crippen LogP contribution in [0.3, 0.4) is 0 Å². The lowest BCUT2D eigenvalue weighted by molar-refractivity contribution is 0.533. The van der Waals surface area contributed by atoms with Gasteiger partial charge in [0.05, 0.1) is 5.69 Å². The molecule has 0 aromatic heterocycles. The van der Waals surface area contributed by atoms with E-state index in [0.29, 0.717) is 0 Å². The average Bonchev–Trinajstić information content (AvgIpc) is 2.62. The topological polar surface area (TPSA) is 98.2 Å². The van der Waals surface area contributed by atoms with E-state index >= 15 is 0 Å². The molecule has 1 aliphatic rings. The van der Waals surface area contributed by atoms with Gasteiger partial charge in [-0.3, -0.25) is 0 Å². The molecule has 0 aliphatic heterocycles. The molecule has 0 unspecified atom stereocenters. The molecule has 100 valence electrons. The number of benzene rings is 1. The van der Waals surface area contributed by atoms with Crippen LogP contribution in [0.4, 0.5) is 11.4 Å². The number of rotatable bonds is 3. The SMILES string of the molecule is CC1(Nc2ccc(S(N)(=O)=O)c(N)c2)CCCC1. The first-order chi connectivity index (χ1) is 8.30. The maximum absolute atomic E-state index is 11.2. The van der Waals surface area contributed by atoms with E-state index < -0.39 is 10.0 Å². The van der Waals surface area contributed by atoms with Crippen LogP contribution < -0.4 is 16.2 Å². The van der Waals surface area contributed by atoms with Crippen molar-refractivity contribution < 1.29 is 8.42 Å². The van der Waals surface area contributed by atoms with Gasteiger partial charge in [-0.25, -0.2) is 13.6 Å². The van der Waals surface area contributed by atoms with Gasteiger partial charge < -0.3 is 11.1 Å². The van der Waals surface area contributed by atoms with Crippen LogP contribution in [-0.2, 0) is 10.0 Å². The number of anilines is 2. The lowest BCUT2D eigenvalue weighted by Crippen LogP contribution is -2.30. The highest BCUT2D eigenvalue weighted by atomic mass is 32.2. The molecule has 0 amide bonds. The van der Waals surface area contributed by atoms with Crippen molar-refractivity contribution in [2.75, 3.05) is 11.1 Å². The van der Waals surface area contributed by atoms with E-state index in [1.54, 1.807) is 12.1 Å². The van der Waals surface area contributed by atoms with Gasteiger partial charge >= 0.3 is 0 Å². The number of hydrogen-bond donors (Lipinski definition) is 3. The summed E-state index contributed by atoms with van der Waals surface area (Å²) in [4.78, 5) is -0.0235. The van der Waals surface area contributed by atoms with E-state index in [1.807, 2.05) is 0 Å². The van der Waals surface area contributed by atoms with Crippen molar-refractivity contribution in [3.8, 4) is 0 Å². The average molecular weight is 269 g/mol. The first-order valence-corrected chi connectivity index (χ1v) is 7.55. The molecule has 0 atom stereocenters. The summed E-state index contributed by atoms with van der Waals surface area (Å²) in [6.45, 7) is 2.17. The first kappa shape index (κ1) is 13.2. The Kier molecular flexibility index (Phi) is 3.25. The molecule has 0 heterocycles. The summed E-state index contributed by atoms with van der Waals surface area (Å²) >= 11 is 0. The second kappa shape index (κ2) is 4.44. The molecule has 0 saturated heterocycles. The second-order valence-electron chi connectivity index (χ2n) is 5.19. The van der Waals surface area contributed by atoms with Gasteiger partial charge in [-0.1, -0.05) is 12.8 Å². The molecule has 5 N–H and O–H groups in total. The van der Waals surface area contributed by atoms with Crippen LogP contribution in [0.5, 0.6) is 0 Å². The maximum atomic E-state index is 11.2. The third kappa shape index (κ3) is 2.76. The smallest absolute Gasteiger partial charge is 0.240 e. The Morgan fingerprint density at radius 1 is 1.28 bits per heavy atom. The number of nitrogens with two attached hydrogens (primary N) is 2. The van der Waals surface area contributed by atoms with Gasteiger partial charge in [0.1, 0.15) is 4.90 Å². The zero-order valence-electron chi connectivity index (χ0n) is 10.4. The summed E-state index contributed by atoms with van der Waals surface area (Å²) < 4.78 is 22.5. The Bertz CT molecular complexity index is 548. The summed E-state index contributed by atoms with van der Waals surface area (Å²) in [6.07, 6.45) is 4.66. The Hall–Kier alpha value is -1.27. The predicted octanol–water partition coefficient (Wildman–Crippen LogP) is 1.66. The highest BCUT2D eigenvalue weighted by Crippen LogP contribution is 2.33. The Labute approximate surface area is 108 Å². The molecule has 1 aromatic carbocycles. The molecule has 2 rings (SSSR count). The molecule has 18 heavy (non-hydrogen) atoms. The standard InChI is InChI=1S/C12H19N3O2S/c1-12(6-2-3-7-12)15-9-4-5-11(10(13)8-9)18(14,16)17/h4-5,8,15H,2-3,6-7,13H2,1H3,(H2,14,16,17). The summed E-state index contributed by atoms with van der Waals surface area (Å²) in [5.74, 6) is 0.